The number of nitrogens with one attached hydrogen (secondary N) is 2. The quantitative estimate of drug-likeness (QED) is 0.447. The second-order valence-electron chi connectivity index (χ2n) is 6.37. The van der Waals surface area contributed by atoms with E-state index in [1.54, 1.807) is 24.3 Å². The minimum atomic E-state index is -0.469. The highest BCUT2D eigenvalue weighted by atomic mass is 79.9. The molecule has 0 aromatic heterocycles. The Balaban J connectivity index is 1.53. The first-order chi connectivity index (χ1) is 14.3. The fourth-order valence-electron chi connectivity index (χ4n) is 3.03. The first kappa shape index (κ1) is 21.9. The molecule has 1 aliphatic rings. The van der Waals surface area contributed by atoms with E-state index in [0.717, 1.165) is 4.47 Å². The van der Waals surface area contributed by atoms with E-state index in [9.17, 15) is 14.4 Å². The number of benzene rings is 2. The Bertz CT molecular complexity index is 1010. The van der Waals surface area contributed by atoms with Crippen molar-refractivity contribution < 1.29 is 23.9 Å². The molecule has 30 heavy (non-hydrogen) atoms. The number of halogens is 2. The van der Waals surface area contributed by atoms with Gasteiger partial charge in [-0.05, 0) is 24.6 Å². The van der Waals surface area contributed by atoms with Crippen LogP contribution in [0.25, 0.3) is 0 Å². The number of methoxy groups -OCH3 is 2. The van der Waals surface area contributed by atoms with E-state index in [1.807, 2.05) is 0 Å². The number of carbonyl (C=O) groups is 3. The molecule has 0 unspecified atom stereocenters. The summed E-state index contributed by atoms with van der Waals surface area (Å²) < 4.78 is 11.1. The summed E-state index contributed by atoms with van der Waals surface area (Å²) in [6.07, 6.45) is 0.404. The molecule has 0 saturated heterocycles. The van der Waals surface area contributed by atoms with Gasteiger partial charge in [0.05, 0.1) is 36.1 Å². The van der Waals surface area contributed by atoms with Gasteiger partial charge in [-0.2, -0.15) is 0 Å². The number of urea groups is 1. The van der Waals surface area contributed by atoms with Crippen LogP contribution in [-0.4, -0.2) is 50.1 Å². The van der Waals surface area contributed by atoms with E-state index in [2.05, 4.69) is 26.6 Å². The van der Waals surface area contributed by atoms with Crippen LogP contribution in [0, 0.1) is 0 Å². The molecule has 1 heterocycles. The molecule has 3 rings (SSSR count). The van der Waals surface area contributed by atoms with Crippen LogP contribution in [-0.2, 0) is 0 Å². The predicted octanol–water partition coefficient (Wildman–Crippen LogP) is 3.93. The molecule has 158 valence electrons. The number of hydrogen-bond acceptors (Lipinski definition) is 5. The van der Waals surface area contributed by atoms with E-state index in [-0.39, 0.29) is 24.9 Å². The van der Waals surface area contributed by atoms with Gasteiger partial charge in [0, 0.05) is 29.7 Å². The third-order valence-corrected chi connectivity index (χ3v) is 5.29. The highest BCUT2D eigenvalue weighted by molar-refractivity contribution is 9.10. The first-order valence-corrected chi connectivity index (χ1v) is 10.1. The van der Waals surface area contributed by atoms with Gasteiger partial charge in [0.1, 0.15) is 11.5 Å². The minimum Gasteiger partial charge on any atom is -0.495 e. The summed E-state index contributed by atoms with van der Waals surface area (Å²) in [4.78, 5) is 38.2. The van der Waals surface area contributed by atoms with Gasteiger partial charge in [-0.15, -0.1) is 0 Å². The van der Waals surface area contributed by atoms with Crippen molar-refractivity contribution in [2.45, 2.75) is 6.42 Å². The third-order valence-electron chi connectivity index (χ3n) is 4.50. The number of carbonyl (C=O) groups excluding carboxylic acids is 3. The van der Waals surface area contributed by atoms with Gasteiger partial charge in [-0.1, -0.05) is 27.5 Å². The molecule has 0 aliphatic carbocycles. The lowest BCUT2D eigenvalue weighted by Gasteiger charge is -2.15. The van der Waals surface area contributed by atoms with Crippen molar-refractivity contribution >= 4 is 51.1 Å². The van der Waals surface area contributed by atoms with Crippen LogP contribution in [0.4, 0.5) is 10.5 Å². The maximum absolute atomic E-state index is 12.4. The number of ether oxygens (including phenoxy) is 2. The highest BCUT2D eigenvalue weighted by Gasteiger charge is 2.34. The predicted molar refractivity (Wildman–Crippen MR) is 116 cm³/mol. The number of fused-ring (bicyclic) bond motifs is 1. The van der Waals surface area contributed by atoms with E-state index >= 15 is 0 Å². The maximum atomic E-state index is 12.4. The Morgan fingerprint density at radius 3 is 2.47 bits per heavy atom. The molecule has 1 aliphatic heterocycles. The van der Waals surface area contributed by atoms with Gasteiger partial charge >= 0.3 is 6.03 Å². The van der Waals surface area contributed by atoms with E-state index in [4.69, 9.17) is 21.1 Å². The van der Waals surface area contributed by atoms with Crippen LogP contribution in [0.5, 0.6) is 11.5 Å². The molecule has 0 saturated carbocycles. The average molecular weight is 497 g/mol. The zero-order valence-electron chi connectivity index (χ0n) is 16.3. The number of amides is 4. The van der Waals surface area contributed by atoms with E-state index in [0.29, 0.717) is 39.8 Å². The lowest BCUT2D eigenvalue weighted by Crippen LogP contribution is -2.35. The monoisotopic (exact) mass is 495 g/mol. The summed E-state index contributed by atoms with van der Waals surface area (Å²) in [7, 11) is 2.93. The number of rotatable bonds is 7. The molecule has 0 bridgehead atoms. The second kappa shape index (κ2) is 9.36. The summed E-state index contributed by atoms with van der Waals surface area (Å²) >= 11 is 9.35. The summed E-state index contributed by atoms with van der Waals surface area (Å²) in [6, 6.07) is 7.60. The van der Waals surface area contributed by atoms with Gasteiger partial charge < -0.3 is 20.1 Å². The van der Waals surface area contributed by atoms with Crippen LogP contribution in [0.2, 0.25) is 5.02 Å². The molecule has 2 N–H and O–H groups in total. The second-order valence-corrected chi connectivity index (χ2v) is 7.70. The van der Waals surface area contributed by atoms with Crippen LogP contribution < -0.4 is 20.1 Å². The zero-order valence-corrected chi connectivity index (χ0v) is 18.6. The third kappa shape index (κ3) is 4.52. The summed E-state index contributed by atoms with van der Waals surface area (Å²) in [5.74, 6) is 0.113. The SMILES string of the molecule is COc1cc(NC(=O)NCCCN2C(=O)c3ccc(Br)cc3C2=O)c(OC)cc1Cl. The van der Waals surface area contributed by atoms with Crippen molar-refractivity contribution in [3.05, 3.63) is 51.0 Å². The smallest absolute Gasteiger partial charge is 0.319 e. The van der Waals surface area contributed by atoms with Crippen molar-refractivity contribution in [1.29, 1.82) is 0 Å². The molecule has 0 fully saturated rings. The number of hydrogen-bond donors (Lipinski definition) is 2. The lowest BCUT2D eigenvalue weighted by molar-refractivity contribution is 0.0653. The molecular weight excluding hydrogens is 478 g/mol. The topological polar surface area (TPSA) is 97.0 Å². The normalized spacial score (nSPS) is 12.6. The van der Waals surface area contributed by atoms with E-state index < -0.39 is 6.03 Å². The number of anilines is 1. The van der Waals surface area contributed by atoms with Crippen LogP contribution in [0.1, 0.15) is 27.1 Å². The molecule has 10 heteroatoms. The van der Waals surface area contributed by atoms with Crippen LogP contribution >= 0.6 is 27.5 Å². The van der Waals surface area contributed by atoms with Gasteiger partial charge in [-0.25, -0.2) is 4.79 Å². The lowest BCUT2D eigenvalue weighted by atomic mass is 10.1. The fourth-order valence-corrected chi connectivity index (χ4v) is 3.62. The Morgan fingerprint density at radius 1 is 1.07 bits per heavy atom. The molecule has 0 spiro atoms. The van der Waals surface area contributed by atoms with Crippen molar-refractivity contribution in [2.24, 2.45) is 0 Å². The first-order valence-electron chi connectivity index (χ1n) is 8.97. The number of nitrogens with zero attached hydrogens (tertiary/aromatic N) is 1. The Morgan fingerprint density at radius 2 is 1.77 bits per heavy atom. The minimum absolute atomic E-state index is 0.197. The summed E-state index contributed by atoms with van der Waals surface area (Å²) in [5, 5.41) is 5.70. The maximum Gasteiger partial charge on any atom is 0.319 e. The Kier molecular flexibility index (Phi) is 6.84. The Labute approximate surface area is 186 Å². The van der Waals surface area contributed by atoms with Gasteiger partial charge in [0.15, 0.2) is 0 Å². The Hall–Kier alpha value is -2.78. The van der Waals surface area contributed by atoms with Gasteiger partial charge in [0.25, 0.3) is 11.8 Å². The molecular formula is C20H19BrClN3O5. The summed E-state index contributed by atoms with van der Waals surface area (Å²) in [6.45, 7) is 0.457. The van der Waals surface area contributed by atoms with Crippen LogP contribution in [0.3, 0.4) is 0 Å². The molecule has 2 aromatic carbocycles. The molecule has 4 amide bonds. The van der Waals surface area contributed by atoms with Gasteiger partial charge in [0.2, 0.25) is 0 Å². The van der Waals surface area contributed by atoms with Crippen molar-refractivity contribution in [2.75, 3.05) is 32.6 Å². The fraction of sp³-hybridized carbons (Fsp3) is 0.250. The van der Waals surface area contributed by atoms with E-state index in [1.165, 1.54) is 25.2 Å². The molecule has 0 radical (unpaired) electrons. The van der Waals surface area contributed by atoms with Gasteiger partial charge in [-0.3, -0.25) is 14.5 Å². The highest BCUT2D eigenvalue weighted by Crippen LogP contribution is 2.35. The molecule has 0 atom stereocenters. The van der Waals surface area contributed by atoms with Crippen molar-refractivity contribution in [3.8, 4) is 11.5 Å². The average Bonchev–Trinajstić information content (AvgIpc) is 2.96. The molecule has 2 aromatic rings. The van der Waals surface area contributed by atoms with Crippen LogP contribution in [0.15, 0.2) is 34.8 Å². The zero-order chi connectivity index (χ0) is 21.8. The van der Waals surface area contributed by atoms with Crippen molar-refractivity contribution in [3.63, 3.8) is 0 Å². The molecule has 8 nitrogen and oxygen atoms in total. The number of imide groups is 1. The standard InChI is InChI=1S/C20H19BrClN3O5/c1-29-16-10-15(17(30-2)9-14(16)22)24-20(28)23-6-3-7-25-18(26)12-5-4-11(21)8-13(12)19(25)27/h4-5,8-10H,3,6-7H2,1-2H3,(H2,23,24,28). The summed E-state index contributed by atoms with van der Waals surface area (Å²) in [5.41, 5.74) is 1.16. The van der Waals surface area contributed by atoms with Crippen molar-refractivity contribution in [1.82, 2.24) is 10.2 Å². The largest absolute Gasteiger partial charge is 0.495 e.